The number of imidazole rings is 1. The quantitative estimate of drug-likeness (QED) is 0.568. The molecular weight excluding hydrogens is 174 g/mol. The Kier molecular flexibility index (Phi) is 1.23. The zero-order valence-electron chi connectivity index (χ0n) is 7.36. The van der Waals surface area contributed by atoms with Crippen molar-refractivity contribution >= 4 is 16.6 Å². The molecule has 0 aliphatic carbocycles. The van der Waals surface area contributed by atoms with Crippen molar-refractivity contribution in [2.24, 2.45) is 0 Å². The molecule has 3 rings (SSSR count). The molecule has 3 aromatic rings. The van der Waals surface area contributed by atoms with Crippen LogP contribution in [0, 0.1) is 11.3 Å². The molecule has 0 radical (unpaired) electrons. The lowest BCUT2D eigenvalue weighted by atomic mass is 10.2. The summed E-state index contributed by atoms with van der Waals surface area (Å²) in [6, 6.07) is 10.1. The maximum Gasteiger partial charge on any atom is 0.133 e. The first kappa shape index (κ1) is 7.22. The van der Waals surface area contributed by atoms with E-state index in [9.17, 15) is 0 Å². The first-order chi connectivity index (χ1) is 6.92. The van der Waals surface area contributed by atoms with Gasteiger partial charge in [-0.3, -0.25) is 0 Å². The van der Waals surface area contributed by atoms with Crippen molar-refractivity contribution in [2.75, 3.05) is 0 Å². The van der Waals surface area contributed by atoms with Crippen LogP contribution in [0.15, 0.2) is 36.7 Å². The van der Waals surface area contributed by atoms with Gasteiger partial charge in [-0.25, -0.2) is 0 Å². The molecule has 3 heteroatoms. The Hall–Kier alpha value is -2.21. The van der Waals surface area contributed by atoms with Gasteiger partial charge in [0.1, 0.15) is 17.3 Å². The van der Waals surface area contributed by atoms with Crippen LogP contribution in [0.2, 0.25) is 0 Å². The number of para-hydroxylation sites is 1. The maximum absolute atomic E-state index is 9.06. The van der Waals surface area contributed by atoms with Crippen LogP contribution in [0.3, 0.4) is 0 Å². The van der Waals surface area contributed by atoms with Crippen molar-refractivity contribution in [3.8, 4) is 6.07 Å². The molecule has 0 fully saturated rings. The Labute approximate surface area is 80.2 Å². The molecule has 14 heavy (non-hydrogen) atoms. The fraction of sp³-hybridized carbons (Fsp3) is 0. The topological polar surface area (TPSA) is 44.0 Å². The van der Waals surface area contributed by atoms with Crippen LogP contribution in [0.1, 0.15) is 5.56 Å². The highest BCUT2D eigenvalue weighted by atomic mass is 15.0. The van der Waals surface area contributed by atoms with E-state index in [1.807, 2.05) is 41.1 Å². The van der Waals surface area contributed by atoms with Crippen LogP contribution in [0.5, 0.6) is 0 Å². The van der Waals surface area contributed by atoms with Gasteiger partial charge < -0.3 is 9.38 Å². The lowest BCUT2D eigenvalue weighted by molar-refractivity contribution is 1.28. The summed E-state index contributed by atoms with van der Waals surface area (Å²) in [6.45, 7) is 0. The number of aromatic amines is 1. The first-order valence-corrected chi connectivity index (χ1v) is 4.38. The van der Waals surface area contributed by atoms with Crippen LogP contribution < -0.4 is 0 Å². The third kappa shape index (κ3) is 0.704. The minimum absolute atomic E-state index is 0.714. The summed E-state index contributed by atoms with van der Waals surface area (Å²) in [5.74, 6) is 0. The largest absolute Gasteiger partial charge is 0.345 e. The van der Waals surface area contributed by atoms with E-state index in [4.69, 9.17) is 5.26 Å². The van der Waals surface area contributed by atoms with Gasteiger partial charge in [0.25, 0.3) is 0 Å². The van der Waals surface area contributed by atoms with Gasteiger partial charge >= 0.3 is 0 Å². The summed E-state index contributed by atoms with van der Waals surface area (Å²) >= 11 is 0. The highest BCUT2D eigenvalue weighted by Crippen LogP contribution is 2.24. The Morgan fingerprint density at radius 3 is 3.00 bits per heavy atom. The predicted molar refractivity (Wildman–Crippen MR) is 54.0 cm³/mol. The third-order valence-corrected chi connectivity index (χ3v) is 2.47. The Morgan fingerprint density at radius 1 is 1.29 bits per heavy atom. The minimum atomic E-state index is 0.714. The highest BCUT2D eigenvalue weighted by Gasteiger charge is 2.10. The van der Waals surface area contributed by atoms with E-state index < -0.39 is 0 Å². The molecule has 1 N–H and O–H groups in total. The van der Waals surface area contributed by atoms with Crippen LogP contribution in [0.25, 0.3) is 16.6 Å². The second-order valence-electron chi connectivity index (χ2n) is 3.18. The van der Waals surface area contributed by atoms with Gasteiger partial charge in [0.15, 0.2) is 0 Å². The van der Waals surface area contributed by atoms with E-state index in [1.165, 1.54) is 0 Å². The molecule has 66 valence electrons. The summed E-state index contributed by atoms with van der Waals surface area (Å²) in [5, 5.41) is 10.1. The second kappa shape index (κ2) is 2.39. The predicted octanol–water partition coefficient (Wildman–Crippen LogP) is 2.29. The van der Waals surface area contributed by atoms with E-state index in [0.29, 0.717) is 5.56 Å². The molecule has 0 unspecified atom stereocenters. The summed E-state index contributed by atoms with van der Waals surface area (Å²) < 4.78 is 1.99. The first-order valence-electron chi connectivity index (χ1n) is 4.38. The Bertz CT molecular complexity index is 652. The molecule has 0 saturated carbocycles. The zero-order chi connectivity index (χ0) is 9.54. The lowest BCUT2D eigenvalue weighted by Gasteiger charge is -1.88. The lowest BCUT2D eigenvalue weighted by Crippen LogP contribution is -1.74. The van der Waals surface area contributed by atoms with Gasteiger partial charge in [-0.1, -0.05) is 18.2 Å². The fourth-order valence-electron chi connectivity index (χ4n) is 1.86. The molecule has 3 nitrogen and oxygen atoms in total. The van der Waals surface area contributed by atoms with Crippen molar-refractivity contribution in [3.05, 3.63) is 42.2 Å². The van der Waals surface area contributed by atoms with Crippen molar-refractivity contribution in [1.29, 1.82) is 5.26 Å². The molecule has 0 amide bonds. The van der Waals surface area contributed by atoms with Gasteiger partial charge in [-0.05, 0) is 6.07 Å². The number of nitrogens with zero attached hydrogens (tertiary/aromatic N) is 2. The average molecular weight is 181 g/mol. The van der Waals surface area contributed by atoms with Crippen LogP contribution in [0.4, 0.5) is 0 Å². The fourth-order valence-corrected chi connectivity index (χ4v) is 1.86. The molecule has 0 aliphatic rings. The van der Waals surface area contributed by atoms with Gasteiger partial charge in [-0.2, -0.15) is 5.26 Å². The van der Waals surface area contributed by atoms with Crippen molar-refractivity contribution in [3.63, 3.8) is 0 Å². The minimum Gasteiger partial charge on any atom is -0.345 e. The summed E-state index contributed by atoms with van der Waals surface area (Å²) in [7, 11) is 0. The molecule has 0 bridgehead atoms. The van der Waals surface area contributed by atoms with Crippen molar-refractivity contribution in [2.45, 2.75) is 0 Å². The van der Waals surface area contributed by atoms with Crippen LogP contribution in [-0.2, 0) is 0 Å². The van der Waals surface area contributed by atoms with E-state index >= 15 is 0 Å². The van der Waals surface area contributed by atoms with Gasteiger partial charge in [0.2, 0.25) is 0 Å². The molecule has 0 saturated heterocycles. The number of hydrogen-bond donors (Lipinski definition) is 1. The van der Waals surface area contributed by atoms with E-state index in [1.54, 1.807) is 0 Å². The summed E-state index contributed by atoms with van der Waals surface area (Å²) in [5.41, 5.74) is 2.65. The van der Waals surface area contributed by atoms with Gasteiger partial charge in [0, 0.05) is 17.8 Å². The molecule has 0 spiro atoms. The Morgan fingerprint density at radius 2 is 2.14 bits per heavy atom. The molecular formula is C11H7N3. The number of fused-ring (bicyclic) bond motifs is 3. The zero-order valence-corrected chi connectivity index (χ0v) is 7.36. The Balaban J connectivity index is 2.71. The summed E-state index contributed by atoms with van der Waals surface area (Å²) in [4.78, 5) is 3.07. The average Bonchev–Trinajstić information content (AvgIpc) is 2.77. The number of nitriles is 1. The second-order valence-corrected chi connectivity index (χ2v) is 3.18. The maximum atomic E-state index is 9.06. The number of rotatable bonds is 0. The van der Waals surface area contributed by atoms with Crippen LogP contribution in [-0.4, -0.2) is 9.38 Å². The molecule has 0 aliphatic heterocycles. The van der Waals surface area contributed by atoms with Crippen molar-refractivity contribution < 1.29 is 0 Å². The molecule has 1 aromatic carbocycles. The number of hydrogen-bond acceptors (Lipinski definition) is 1. The molecule has 2 heterocycles. The number of aromatic nitrogens is 2. The van der Waals surface area contributed by atoms with Crippen LogP contribution >= 0.6 is 0 Å². The third-order valence-electron chi connectivity index (χ3n) is 2.47. The normalized spacial score (nSPS) is 10.8. The van der Waals surface area contributed by atoms with Gasteiger partial charge in [0.05, 0.1) is 5.52 Å². The molecule has 2 aromatic heterocycles. The standard InChI is InChI=1S/C11H7N3/c12-7-9-8-3-1-2-4-10(8)14-6-5-13-11(9)14/h1-6,13H. The van der Waals surface area contributed by atoms with Gasteiger partial charge in [-0.15, -0.1) is 0 Å². The SMILES string of the molecule is N#Cc1c2ccccc2n2cc[nH]c12. The van der Waals surface area contributed by atoms with E-state index in [0.717, 1.165) is 16.6 Å². The number of benzene rings is 1. The van der Waals surface area contributed by atoms with E-state index in [-0.39, 0.29) is 0 Å². The molecule has 0 atom stereocenters. The smallest absolute Gasteiger partial charge is 0.133 e. The monoisotopic (exact) mass is 181 g/mol. The number of nitrogens with one attached hydrogen (secondary N) is 1. The van der Waals surface area contributed by atoms with Crippen molar-refractivity contribution in [1.82, 2.24) is 9.38 Å². The number of H-pyrrole nitrogens is 1. The highest BCUT2D eigenvalue weighted by molar-refractivity contribution is 5.93. The van der Waals surface area contributed by atoms with E-state index in [2.05, 4.69) is 11.1 Å². The summed E-state index contributed by atoms with van der Waals surface area (Å²) in [6.07, 6.45) is 3.76.